The van der Waals surface area contributed by atoms with Gasteiger partial charge in [-0.1, -0.05) is 12.1 Å². The van der Waals surface area contributed by atoms with E-state index in [9.17, 15) is 30.8 Å². The van der Waals surface area contributed by atoms with Crippen molar-refractivity contribution in [1.29, 1.82) is 0 Å². The topological polar surface area (TPSA) is 133 Å². The number of aryl methyl sites for hydroxylation is 1. The maximum absolute atomic E-state index is 14.0. The zero-order valence-corrected chi connectivity index (χ0v) is 23.8. The molecule has 13 heteroatoms. The number of ketones is 1. The van der Waals surface area contributed by atoms with E-state index < -0.39 is 37.8 Å². The maximum Gasteiger partial charge on any atom is 0.286 e. The minimum atomic E-state index is -4.37. The second-order valence-corrected chi connectivity index (χ2v) is 14.8. The van der Waals surface area contributed by atoms with Crippen molar-refractivity contribution in [2.45, 2.75) is 43.7 Å². The minimum absolute atomic E-state index is 0.104. The number of piperidine rings is 1. The number of hydrogen-bond donors (Lipinski definition) is 1. The Morgan fingerprint density at radius 3 is 2.55 bits per heavy atom. The van der Waals surface area contributed by atoms with Crippen LogP contribution in [0.4, 0.5) is 15.8 Å². The number of fused-ring (bicyclic) bond motifs is 6. The molecule has 0 spiro atoms. The summed E-state index contributed by atoms with van der Waals surface area (Å²) in [5, 5.41) is 2.90. The fourth-order valence-electron chi connectivity index (χ4n) is 6.85. The maximum atomic E-state index is 14.0. The predicted molar refractivity (Wildman–Crippen MR) is 146 cm³/mol. The molecule has 5 atom stereocenters. The van der Waals surface area contributed by atoms with Crippen LogP contribution in [0.3, 0.4) is 0 Å². The third-order valence-corrected chi connectivity index (χ3v) is 11.3. The van der Waals surface area contributed by atoms with Gasteiger partial charge in [0.25, 0.3) is 10.0 Å². The minimum Gasteiger partial charge on any atom is -0.341 e. The van der Waals surface area contributed by atoms with E-state index in [1.54, 1.807) is 24.0 Å². The number of nitrogens with zero attached hydrogens (tertiary/aromatic N) is 3. The molecule has 2 aromatic rings. The third-order valence-electron chi connectivity index (χ3n) is 8.81. The molecule has 2 aromatic carbocycles. The van der Waals surface area contributed by atoms with Crippen LogP contribution >= 0.6 is 0 Å². The lowest BCUT2D eigenvalue weighted by Gasteiger charge is -2.45. The molecule has 1 N–H and O–H groups in total. The third kappa shape index (κ3) is 4.21. The van der Waals surface area contributed by atoms with E-state index in [2.05, 4.69) is 9.71 Å². The van der Waals surface area contributed by atoms with Crippen LogP contribution in [0.25, 0.3) is 0 Å². The first-order valence-electron chi connectivity index (χ1n) is 13.1. The summed E-state index contributed by atoms with van der Waals surface area (Å²) in [4.78, 5) is 29.3. The summed E-state index contributed by atoms with van der Waals surface area (Å²) >= 11 is 0. The van der Waals surface area contributed by atoms with Crippen molar-refractivity contribution in [2.24, 2.45) is 28.1 Å². The van der Waals surface area contributed by atoms with Gasteiger partial charge in [-0.25, -0.2) is 12.8 Å². The van der Waals surface area contributed by atoms with Gasteiger partial charge in [0.15, 0.2) is 11.7 Å². The Bertz CT molecular complexity index is 1710. The standard InChI is InChI=1S/C27H29FN4O6S2/c1-14-10-15(4-8-19(14)28)13-32-24-17-6-5-16(11-17)22(24)25(33)23(27(32)34)26-29-20-9-7-18(31(2)39(3,35)36)12-21(20)40(37,38)30-26/h4,7-10,12,16-17,22-24H,5-6,11,13H2,1-3H3,(H,29,30)/t16-,17+,22+,23?,24-/m0/s1. The Morgan fingerprint density at radius 1 is 1.12 bits per heavy atom. The molecule has 0 radical (unpaired) electrons. The highest BCUT2D eigenvalue weighted by atomic mass is 32.2. The molecule has 212 valence electrons. The number of anilines is 2. The fourth-order valence-corrected chi connectivity index (χ4v) is 8.52. The molecule has 1 saturated heterocycles. The largest absolute Gasteiger partial charge is 0.341 e. The molecule has 1 unspecified atom stereocenters. The molecular weight excluding hydrogens is 559 g/mol. The monoisotopic (exact) mass is 588 g/mol. The zero-order chi connectivity index (χ0) is 28.7. The van der Waals surface area contributed by atoms with Gasteiger partial charge >= 0.3 is 0 Å². The number of halogens is 1. The van der Waals surface area contributed by atoms with Crippen molar-refractivity contribution in [3.05, 3.63) is 53.3 Å². The van der Waals surface area contributed by atoms with E-state index in [1.807, 2.05) is 0 Å². The van der Waals surface area contributed by atoms with Gasteiger partial charge in [0, 0.05) is 25.6 Å². The average Bonchev–Trinajstić information content (AvgIpc) is 3.50. The molecule has 40 heavy (non-hydrogen) atoms. The van der Waals surface area contributed by atoms with Crippen LogP contribution in [0, 0.1) is 36.4 Å². The summed E-state index contributed by atoms with van der Waals surface area (Å²) in [7, 11) is -6.71. The summed E-state index contributed by atoms with van der Waals surface area (Å²) in [6.07, 6.45) is 3.62. The molecule has 4 aliphatic rings. The number of carbonyl (C=O) groups is 2. The first kappa shape index (κ1) is 26.9. The van der Waals surface area contributed by atoms with E-state index in [-0.39, 0.29) is 58.1 Å². The normalized spacial score (nSPS) is 28.6. The highest BCUT2D eigenvalue weighted by Crippen LogP contribution is 2.54. The van der Waals surface area contributed by atoms with Gasteiger partial charge < -0.3 is 10.2 Å². The number of Topliss-reactive ketones (excluding diaryl/α,β-unsaturated/α-hetero) is 1. The molecule has 2 bridgehead atoms. The molecule has 2 aliphatic heterocycles. The van der Waals surface area contributed by atoms with Gasteiger partial charge in [0.2, 0.25) is 15.9 Å². The Morgan fingerprint density at radius 2 is 1.85 bits per heavy atom. The Kier molecular flexibility index (Phi) is 6.11. The highest BCUT2D eigenvalue weighted by Gasteiger charge is 2.60. The summed E-state index contributed by atoms with van der Waals surface area (Å²) < 4.78 is 69.3. The summed E-state index contributed by atoms with van der Waals surface area (Å²) in [6.45, 7) is 1.82. The molecule has 3 fully saturated rings. The second-order valence-electron chi connectivity index (χ2n) is 11.2. The molecule has 0 aromatic heterocycles. The molecule has 10 nitrogen and oxygen atoms in total. The van der Waals surface area contributed by atoms with Gasteiger partial charge in [-0.15, -0.1) is 4.40 Å². The Labute approximate surface area is 232 Å². The molecule has 2 aliphatic carbocycles. The van der Waals surface area contributed by atoms with Crippen molar-refractivity contribution in [3.63, 3.8) is 0 Å². The first-order chi connectivity index (χ1) is 18.8. The number of benzene rings is 2. The number of likely N-dealkylation sites (tertiary alicyclic amines) is 1. The van der Waals surface area contributed by atoms with Crippen molar-refractivity contribution in [3.8, 4) is 0 Å². The number of nitrogens with one attached hydrogen (secondary N) is 1. The predicted octanol–water partition coefficient (Wildman–Crippen LogP) is 2.69. The van der Waals surface area contributed by atoms with Crippen molar-refractivity contribution >= 4 is 48.9 Å². The average molecular weight is 589 g/mol. The highest BCUT2D eigenvalue weighted by molar-refractivity contribution is 7.92. The van der Waals surface area contributed by atoms with Gasteiger partial charge in [0.05, 0.1) is 17.6 Å². The quantitative estimate of drug-likeness (QED) is 0.531. The Balaban J connectivity index is 1.38. The molecule has 1 amide bonds. The van der Waals surface area contributed by atoms with E-state index in [0.717, 1.165) is 35.4 Å². The van der Waals surface area contributed by atoms with Crippen LogP contribution in [0.1, 0.15) is 30.4 Å². The number of sulfonamides is 2. The lowest BCUT2D eigenvalue weighted by Crippen LogP contribution is -2.61. The lowest BCUT2D eigenvalue weighted by molar-refractivity contribution is -0.153. The van der Waals surface area contributed by atoms with Crippen LogP contribution in [0.5, 0.6) is 0 Å². The lowest BCUT2D eigenvalue weighted by atomic mass is 9.73. The second kappa shape index (κ2) is 9.10. The van der Waals surface area contributed by atoms with Crippen molar-refractivity contribution in [2.75, 3.05) is 22.9 Å². The van der Waals surface area contributed by atoms with Crippen molar-refractivity contribution in [1.82, 2.24) is 4.90 Å². The zero-order valence-electron chi connectivity index (χ0n) is 22.2. The fraction of sp³-hybridized carbons (Fsp3) is 0.444. The van der Waals surface area contributed by atoms with E-state index >= 15 is 0 Å². The number of carbonyl (C=O) groups excluding carboxylic acids is 2. The Hall–Kier alpha value is -3.32. The van der Waals surface area contributed by atoms with Crippen LogP contribution in [0.2, 0.25) is 0 Å². The number of amides is 1. The summed E-state index contributed by atoms with van der Waals surface area (Å²) in [5.41, 5.74) is 1.40. The van der Waals surface area contributed by atoms with Gasteiger partial charge in [-0.2, -0.15) is 8.42 Å². The van der Waals surface area contributed by atoms with Crippen LogP contribution in [0.15, 0.2) is 45.7 Å². The van der Waals surface area contributed by atoms with Gasteiger partial charge in [-0.05, 0) is 73.4 Å². The molecule has 2 saturated carbocycles. The van der Waals surface area contributed by atoms with Crippen LogP contribution in [-0.2, 0) is 36.2 Å². The smallest absolute Gasteiger partial charge is 0.286 e. The first-order valence-corrected chi connectivity index (χ1v) is 16.3. The van der Waals surface area contributed by atoms with E-state index in [1.165, 1.54) is 31.3 Å². The molecule has 2 heterocycles. The van der Waals surface area contributed by atoms with E-state index in [4.69, 9.17) is 0 Å². The van der Waals surface area contributed by atoms with Crippen LogP contribution in [-0.4, -0.2) is 58.6 Å². The van der Waals surface area contributed by atoms with E-state index in [0.29, 0.717) is 5.56 Å². The summed E-state index contributed by atoms with van der Waals surface area (Å²) in [6, 6.07) is 8.39. The molecular formula is C27H29FN4O6S2. The van der Waals surface area contributed by atoms with Crippen LogP contribution < -0.4 is 9.62 Å². The van der Waals surface area contributed by atoms with Crippen molar-refractivity contribution < 1.29 is 30.8 Å². The van der Waals surface area contributed by atoms with Gasteiger partial charge in [-0.3, -0.25) is 13.9 Å². The van der Waals surface area contributed by atoms with Gasteiger partial charge in [0.1, 0.15) is 16.5 Å². The number of hydrogen-bond acceptors (Lipinski definition) is 7. The SMILES string of the molecule is Cc1cc(CN2C(=O)C(C3=NS(=O)(=O)c4cc(N(C)S(C)(=O)=O)ccc4N3)C(=O)[C@@H]3[C@H]4CC[C@H](C4)[C@@H]32)ccc1F. The number of rotatable bonds is 5. The summed E-state index contributed by atoms with van der Waals surface area (Å²) in [5.74, 6) is -3.03. The number of amidine groups is 1. The molecule has 6 rings (SSSR count).